The fourth-order valence-electron chi connectivity index (χ4n) is 6.75. The highest BCUT2D eigenvalue weighted by Gasteiger charge is 2.28. The van der Waals surface area contributed by atoms with Crippen LogP contribution >= 0.6 is 22.7 Å². The van der Waals surface area contributed by atoms with Gasteiger partial charge in [0.1, 0.15) is 11.5 Å². The number of hydrogen-bond acceptors (Lipinski definition) is 4. The summed E-state index contributed by atoms with van der Waals surface area (Å²) in [4.78, 5) is 8.28. The molecule has 8 aromatic rings. The molecule has 5 aromatic carbocycles. The van der Waals surface area contributed by atoms with E-state index in [0.29, 0.717) is 11.5 Å². The summed E-state index contributed by atoms with van der Waals surface area (Å²) in [5.41, 5.74) is 10.6. The Kier molecular flexibility index (Phi) is 8.16. The van der Waals surface area contributed by atoms with Gasteiger partial charge in [-0.2, -0.15) is 0 Å². The summed E-state index contributed by atoms with van der Waals surface area (Å²) in [6, 6.07) is 44.1. The molecule has 0 aliphatic rings. The molecule has 1 N–H and O–H groups in total. The van der Waals surface area contributed by atoms with E-state index in [0.717, 1.165) is 43.3 Å². The average Bonchev–Trinajstić information content (AvgIpc) is 3.89. The Hall–Kier alpha value is -5.36. The molecule has 0 spiro atoms. The van der Waals surface area contributed by atoms with Crippen LogP contribution in [0.4, 0.5) is 0 Å². The van der Waals surface area contributed by atoms with E-state index in [4.69, 9.17) is 9.47 Å². The molecular weight excluding hydrogens is 639 g/mol. The third-order valence-corrected chi connectivity index (χ3v) is 11.3. The molecule has 3 heterocycles. The largest absolute Gasteiger partial charge is 0.453 e. The first-order chi connectivity index (χ1) is 24.0. The number of H-pyrrole nitrogens is 1. The first kappa shape index (κ1) is 30.9. The molecule has 0 saturated carbocycles. The first-order valence-electron chi connectivity index (χ1n) is 16.4. The lowest BCUT2D eigenvalue weighted by molar-refractivity contribution is 0.422. The molecule has 5 heteroatoms. The van der Waals surface area contributed by atoms with Crippen molar-refractivity contribution in [2.45, 2.75) is 27.7 Å². The van der Waals surface area contributed by atoms with Crippen LogP contribution in [0.15, 0.2) is 134 Å². The van der Waals surface area contributed by atoms with Crippen LogP contribution in [0, 0.1) is 27.7 Å². The van der Waals surface area contributed by atoms with Crippen LogP contribution < -0.4 is 9.47 Å². The summed E-state index contributed by atoms with van der Waals surface area (Å²) in [6.45, 7) is 8.74. The molecule has 0 amide bonds. The SMILES string of the molecule is Cc1cccc(C)c1-c1ccc(-c2c(Oc3ccccc3)c(Oc3ccccc3)c(-c3ccc(-c4c(C)cccc4C)s3)c3[nH]ccc23)s1. The molecule has 0 aliphatic heterocycles. The summed E-state index contributed by atoms with van der Waals surface area (Å²) in [5.74, 6) is 2.86. The maximum Gasteiger partial charge on any atom is 0.181 e. The molecule has 0 bridgehead atoms. The van der Waals surface area contributed by atoms with Crippen molar-refractivity contribution >= 4 is 33.6 Å². The third kappa shape index (κ3) is 5.75. The fourth-order valence-corrected chi connectivity index (χ4v) is 9.22. The number of fused-ring (bicyclic) bond motifs is 1. The normalized spacial score (nSPS) is 11.3. The highest BCUT2D eigenvalue weighted by Crippen LogP contribution is 2.56. The van der Waals surface area contributed by atoms with Crippen molar-refractivity contribution in [2.24, 2.45) is 0 Å². The van der Waals surface area contributed by atoms with Gasteiger partial charge in [-0.05, 0) is 116 Å². The van der Waals surface area contributed by atoms with Crippen molar-refractivity contribution in [3.8, 4) is 64.8 Å². The van der Waals surface area contributed by atoms with Gasteiger partial charge in [-0.3, -0.25) is 0 Å². The molecule has 0 saturated heterocycles. The van der Waals surface area contributed by atoms with Gasteiger partial charge < -0.3 is 14.5 Å². The van der Waals surface area contributed by atoms with Crippen molar-refractivity contribution in [1.82, 2.24) is 4.98 Å². The van der Waals surface area contributed by atoms with Gasteiger partial charge in [0.15, 0.2) is 11.5 Å². The Morgan fingerprint density at radius 1 is 0.408 bits per heavy atom. The van der Waals surface area contributed by atoms with Crippen LogP contribution in [0.1, 0.15) is 22.3 Å². The predicted octanol–water partition coefficient (Wildman–Crippen LogP) is 13.8. The Morgan fingerprint density at radius 2 is 0.816 bits per heavy atom. The Bertz CT molecular complexity index is 2220. The molecular formula is C44H35NO2S2. The van der Waals surface area contributed by atoms with Crippen LogP contribution in [-0.4, -0.2) is 4.98 Å². The van der Waals surface area contributed by atoms with Gasteiger partial charge >= 0.3 is 0 Å². The number of benzene rings is 5. The van der Waals surface area contributed by atoms with E-state index in [1.54, 1.807) is 22.7 Å². The van der Waals surface area contributed by atoms with Crippen LogP contribution in [-0.2, 0) is 0 Å². The zero-order valence-electron chi connectivity index (χ0n) is 27.8. The second-order valence-electron chi connectivity index (χ2n) is 12.4. The van der Waals surface area contributed by atoms with E-state index in [1.165, 1.54) is 43.1 Å². The van der Waals surface area contributed by atoms with E-state index in [9.17, 15) is 0 Å². The number of thiophene rings is 2. The number of aryl methyl sites for hydroxylation is 4. The van der Waals surface area contributed by atoms with Crippen molar-refractivity contribution < 1.29 is 9.47 Å². The molecule has 8 rings (SSSR count). The predicted molar refractivity (Wildman–Crippen MR) is 208 cm³/mol. The number of aromatic nitrogens is 1. The van der Waals surface area contributed by atoms with Crippen molar-refractivity contribution in [1.29, 1.82) is 0 Å². The molecule has 0 aliphatic carbocycles. The van der Waals surface area contributed by atoms with Crippen LogP contribution in [0.25, 0.3) is 52.7 Å². The molecule has 0 fully saturated rings. The fraction of sp³-hybridized carbons (Fsp3) is 0.0909. The number of rotatable bonds is 8. The number of ether oxygens (including phenoxy) is 2. The molecule has 0 unspecified atom stereocenters. The van der Waals surface area contributed by atoms with Crippen molar-refractivity contribution in [3.63, 3.8) is 0 Å². The van der Waals surface area contributed by atoms with E-state index in [2.05, 4.69) is 99.4 Å². The Morgan fingerprint density at radius 3 is 1.29 bits per heavy atom. The topological polar surface area (TPSA) is 34.2 Å². The highest BCUT2D eigenvalue weighted by atomic mass is 32.1. The molecule has 0 atom stereocenters. The lowest BCUT2D eigenvalue weighted by Gasteiger charge is -2.20. The molecule has 49 heavy (non-hydrogen) atoms. The number of nitrogens with one attached hydrogen (secondary N) is 1. The van der Waals surface area contributed by atoms with E-state index in [1.807, 2.05) is 66.9 Å². The maximum atomic E-state index is 6.97. The summed E-state index contributed by atoms with van der Waals surface area (Å²) in [5, 5.41) is 1.08. The van der Waals surface area contributed by atoms with Crippen molar-refractivity contribution in [2.75, 3.05) is 0 Å². The summed E-state index contributed by atoms with van der Waals surface area (Å²) >= 11 is 3.56. The lowest BCUT2D eigenvalue weighted by atomic mass is 9.99. The van der Waals surface area contributed by atoms with Crippen molar-refractivity contribution in [3.05, 3.63) is 156 Å². The molecule has 3 aromatic heterocycles. The number of para-hydroxylation sites is 2. The summed E-state index contributed by atoms with van der Waals surface area (Å²) < 4.78 is 13.9. The minimum atomic E-state index is 0.678. The number of aromatic amines is 1. The summed E-state index contributed by atoms with van der Waals surface area (Å²) in [6.07, 6.45) is 2.02. The van der Waals surface area contributed by atoms with Gasteiger partial charge in [0, 0.05) is 36.7 Å². The molecule has 240 valence electrons. The smallest absolute Gasteiger partial charge is 0.181 e. The summed E-state index contributed by atoms with van der Waals surface area (Å²) in [7, 11) is 0. The average molecular weight is 674 g/mol. The minimum Gasteiger partial charge on any atom is -0.453 e. The number of hydrogen-bond donors (Lipinski definition) is 1. The van der Waals surface area contributed by atoms with Crippen LogP contribution in [0.2, 0.25) is 0 Å². The maximum absolute atomic E-state index is 6.97. The molecule has 0 radical (unpaired) electrons. The van der Waals surface area contributed by atoms with Gasteiger partial charge in [-0.15, -0.1) is 22.7 Å². The van der Waals surface area contributed by atoms with E-state index < -0.39 is 0 Å². The van der Waals surface area contributed by atoms with Gasteiger partial charge in [0.2, 0.25) is 0 Å². The van der Waals surface area contributed by atoms with Gasteiger partial charge in [0.05, 0.1) is 11.1 Å². The zero-order chi connectivity index (χ0) is 33.5. The zero-order valence-corrected chi connectivity index (χ0v) is 29.5. The minimum absolute atomic E-state index is 0.678. The second kappa shape index (κ2) is 12.9. The van der Waals surface area contributed by atoms with Crippen LogP contribution in [0.3, 0.4) is 0 Å². The van der Waals surface area contributed by atoms with E-state index >= 15 is 0 Å². The first-order valence-corrected chi connectivity index (χ1v) is 18.1. The second-order valence-corrected chi connectivity index (χ2v) is 14.5. The quantitative estimate of drug-likeness (QED) is 0.174. The molecule has 3 nitrogen and oxygen atoms in total. The van der Waals surface area contributed by atoms with Gasteiger partial charge in [0.25, 0.3) is 0 Å². The lowest BCUT2D eigenvalue weighted by Crippen LogP contribution is -1.97. The highest BCUT2D eigenvalue weighted by molar-refractivity contribution is 7.19. The Labute approximate surface area is 295 Å². The van der Waals surface area contributed by atoms with E-state index in [-0.39, 0.29) is 0 Å². The monoisotopic (exact) mass is 673 g/mol. The van der Waals surface area contributed by atoms with Gasteiger partial charge in [-0.1, -0.05) is 72.8 Å². The standard InChI is InChI=1S/C44H35NO2S2/c1-27-13-11-14-28(2)38(27)34-21-23-36(48-34)40-33-25-26-45-42(33)41(37-24-22-35(49-37)39-29(3)15-12-16-30(39)4)44(47-32-19-9-6-10-20-32)43(40)46-31-17-7-5-8-18-31/h5-26,45H,1-4H3. The van der Waals surface area contributed by atoms with Crippen LogP contribution in [0.5, 0.6) is 23.0 Å². The Balaban J connectivity index is 1.42. The third-order valence-electron chi connectivity index (χ3n) is 9.01. The van der Waals surface area contributed by atoms with Gasteiger partial charge in [-0.25, -0.2) is 0 Å².